The van der Waals surface area contributed by atoms with Gasteiger partial charge in [-0.25, -0.2) is 0 Å². The van der Waals surface area contributed by atoms with Gasteiger partial charge in [-0.05, 0) is 51.8 Å². The first-order chi connectivity index (χ1) is 9.84. The molecule has 0 radical (unpaired) electrons. The number of anilines is 1. The number of ketones is 1. The van der Waals surface area contributed by atoms with Gasteiger partial charge in [-0.1, -0.05) is 6.07 Å². The van der Waals surface area contributed by atoms with Crippen molar-refractivity contribution in [3.8, 4) is 5.75 Å². The van der Waals surface area contributed by atoms with Crippen LogP contribution in [0.3, 0.4) is 0 Å². The summed E-state index contributed by atoms with van der Waals surface area (Å²) < 4.78 is 11.8. The van der Waals surface area contributed by atoms with E-state index >= 15 is 0 Å². The molecule has 0 unspecified atom stereocenters. The molecule has 1 aromatic carbocycles. The predicted octanol–water partition coefficient (Wildman–Crippen LogP) is 3.60. The van der Waals surface area contributed by atoms with Gasteiger partial charge in [-0.15, -0.1) is 0 Å². The average molecular weight is 285 g/mol. The fourth-order valence-electron chi connectivity index (χ4n) is 3.04. The number of carbonyl (C=O) groups is 1. The minimum atomic E-state index is -0.959. The molecule has 1 atom stereocenters. The molecule has 3 rings (SSSR count). The van der Waals surface area contributed by atoms with E-state index in [1.165, 1.54) is 6.92 Å². The summed E-state index contributed by atoms with van der Waals surface area (Å²) >= 11 is 0. The molecule has 2 aliphatic heterocycles. The molecule has 0 amide bonds. The maximum absolute atomic E-state index is 12.1. The van der Waals surface area contributed by atoms with Crippen LogP contribution in [-0.4, -0.2) is 11.5 Å². The number of hydrogen-bond acceptors (Lipinski definition) is 4. The molecule has 21 heavy (non-hydrogen) atoms. The zero-order valence-electron chi connectivity index (χ0n) is 13.0. The second-order valence-corrected chi connectivity index (χ2v) is 5.69. The quantitative estimate of drug-likeness (QED) is 0.856. The molecule has 4 nitrogen and oxygen atoms in total. The SMILES string of the molecule is CC(=O)C1=C(C)OC(C)=C[C@@]12Nc1ccc(C)c(C)c1O2. The van der Waals surface area contributed by atoms with Gasteiger partial charge < -0.3 is 14.8 Å². The summed E-state index contributed by atoms with van der Waals surface area (Å²) in [5, 5.41) is 3.35. The Bertz CT molecular complexity index is 715. The van der Waals surface area contributed by atoms with Crippen molar-refractivity contribution in [1.82, 2.24) is 0 Å². The van der Waals surface area contributed by atoms with Gasteiger partial charge in [0.25, 0.3) is 0 Å². The van der Waals surface area contributed by atoms with E-state index in [-0.39, 0.29) is 5.78 Å². The maximum atomic E-state index is 12.1. The van der Waals surface area contributed by atoms with Crippen molar-refractivity contribution in [3.63, 3.8) is 0 Å². The second kappa shape index (κ2) is 4.38. The topological polar surface area (TPSA) is 47.6 Å². The number of Topliss-reactive ketones (excluding diaryl/α,β-unsaturated/α-hetero) is 1. The monoisotopic (exact) mass is 285 g/mol. The summed E-state index contributed by atoms with van der Waals surface area (Å²) in [6, 6.07) is 4.03. The van der Waals surface area contributed by atoms with Gasteiger partial charge in [0.15, 0.2) is 5.78 Å². The molecule has 1 aromatic rings. The van der Waals surface area contributed by atoms with Crippen molar-refractivity contribution >= 4 is 11.5 Å². The van der Waals surface area contributed by atoms with Crippen LogP contribution in [0.4, 0.5) is 5.69 Å². The number of aryl methyl sites for hydroxylation is 1. The highest BCUT2D eigenvalue weighted by Gasteiger charge is 2.47. The molecule has 0 saturated carbocycles. The lowest BCUT2D eigenvalue weighted by molar-refractivity contribution is -0.115. The Morgan fingerprint density at radius 1 is 1.19 bits per heavy atom. The number of carbonyl (C=O) groups excluding carboxylic acids is 1. The van der Waals surface area contributed by atoms with Crippen LogP contribution in [-0.2, 0) is 9.53 Å². The van der Waals surface area contributed by atoms with Crippen molar-refractivity contribution < 1.29 is 14.3 Å². The highest BCUT2D eigenvalue weighted by Crippen LogP contribution is 2.46. The van der Waals surface area contributed by atoms with Crippen LogP contribution in [0.2, 0.25) is 0 Å². The maximum Gasteiger partial charge on any atom is 0.237 e. The first kappa shape index (κ1) is 13.7. The van der Waals surface area contributed by atoms with Gasteiger partial charge in [-0.2, -0.15) is 0 Å². The molecule has 2 heterocycles. The minimum absolute atomic E-state index is 0.0640. The summed E-state index contributed by atoms with van der Waals surface area (Å²) in [7, 11) is 0. The molecule has 1 N–H and O–H groups in total. The highest BCUT2D eigenvalue weighted by molar-refractivity contribution is 5.98. The molecule has 110 valence electrons. The van der Waals surface area contributed by atoms with Gasteiger partial charge >= 0.3 is 0 Å². The molecule has 0 saturated heterocycles. The van der Waals surface area contributed by atoms with Crippen LogP contribution < -0.4 is 10.1 Å². The third kappa shape index (κ3) is 1.94. The van der Waals surface area contributed by atoms with E-state index in [4.69, 9.17) is 9.47 Å². The predicted molar refractivity (Wildman–Crippen MR) is 81.1 cm³/mol. The molecule has 2 aliphatic rings. The van der Waals surface area contributed by atoms with Gasteiger partial charge in [0.1, 0.15) is 22.8 Å². The lowest BCUT2D eigenvalue weighted by Crippen LogP contribution is -2.45. The summed E-state index contributed by atoms with van der Waals surface area (Å²) in [5.74, 6) is 2.03. The van der Waals surface area contributed by atoms with Crippen LogP contribution in [0.1, 0.15) is 31.9 Å². The fourth-order valence-corrected chi connectivity index (χ4v) is 3.04. The van der Waals surface area contributed by atoms with Crippen LogP contribution in [0, 0.1) is 13.8 Å². The normalized spacial score (nSPS) is 23.2. The van der Waals surface area contributed by atoms with Crippen molar-refractivity contribution in [3.05, 3.63) is 46.4 Å². The van der Waals surface area contributed by atoms with E-state index < -0.39 is 5.72 Å². The highest BCUT2D eigenvalue weighted by atomic mass is 16.5. The largest absolute Gasteiger partial charge is 0.466 e. The fraction of sp³-hybridized carbons (Fsp3) is 0.353. The Morgan fingerprint density at radius 3 is 2.57 bits per heavy atom. The molecule has 4 heteroatoms. The molecule has 0 aromatic heterocycles. The van der Waals surface area contributed by atoms with E-state index in [9.17, 15) is 4.79 Å². The minimum Gasteiger partial charge on any atom is -0.466 e. The summed E-state index contributed by atoms with van der Waals surface area (Å²) in [6.07, 6.45) is 1.82. The van der Waals surface area contributed by atoms with Gasteiger partial charge in [0, 0.05) is 6.08 Å². The summed E-state index contributed by atoms with van der Waals surface area (Å²) in [4.78, 5) is 12.1. The lowest BCUT2D eigenvalue weighted by Gasteiger charge is -2.32. The summed E-state index contributed by atoms with van der Waals surface area (Å²) in [6.45, 7) is 9.25. The third-order valence-electron chi connectivity index (χ3n) is 4.06. The van der Waals surface area contributed by atoms with E-state index in [0.717, 1.165) is 22.6 Å². The first-order valence-corrected chi connectivity index (χ1v) is 7.01. The molecular weight excluding hydrogens is 266 g/mol. The van der Waals surface area contributed by atoms with E-state index in [1.54, 1.807) is 6.92 Å². The van der Waals surface area contributed by atoms with E-state index in [1.807, 2.05) is 39.0 Å². The lowest BCUT2D eigenvalue weighted by atomic mass is 9.95. The molecular formula is C17H19NO3. The van der Waals surface area contributed by atoms with Gasteiger partial charge in [0.05, 0.1) is 5.69 Å². The van der Waals surface area contributed by atoms with Crippen LogP contribution in [0.25, 0.3) is 0 Å². The Balaban J connectivity index is 2.16. The molecule has 1 spiro atoms. The van der Waals surface area contributed by atoms with Crippen LogP contribution in [0.5, 0.6) is 5.75 Å². The number of ether oxygens (including phenoxy) is 2. The van der Waals surface area contributed by atoms with Crippen molar-refractivity contribution in [1.29, 1.82) is 0 Å². The number of hydrogen-bond donors (Lipinski definition) is 1. The Kier molecular flexibility index (Phi) is 2.87. The number of rotatable bonds is 1. The number of fused-ring (bicyclic) bond motifs is 1. The number of nitrogens with one attached hydrogen (secondary N) is 1. The number of allylic oxidation sites excluding steroid dienone is 2. The molecule has 0 aliphatic carbocycles. The first-order valence-electron chi connectivity index (χ1n) is 7.01. The standard InChI is InChI=1S/C17H19NO3/c1-9-6-7-14-16(11(9)3)21-17(18-14)8-10(2)20-13(5)15(17)12(4)19/h6-8,18H,1-5H3/t17-/m0/s1. The Labute approximate surface area is 124 Å². The second-order valence-electron chi connectivity index (χ2n) is 5.69. The average Bonchev–Trinajstić information content (AvgIpc) is 2.71. The van der Waals surface area contributed by atoms with Gasteiger partial charge in [0.2, 0.25) is 5.72 Å². The Hall–Kier alpha value is -2.23. The Morgan fingerprint density at radius 2 is 1.90 bits per heavy atom. The van der Waals surface area contributed by atoms with Crippen molar-refractivity contribution in [2.75, 3.05) is 5.32 Å². The summed E-state index contributed by atoms with van der Waals surface area (Å²) in [5.41, 5.74) is 2.69. The smallest absolute Gasteiger partial charge is 0.237 e. The van der Waals surface area contributed by atoms with E-state index in [2.05, 4.69) is 5.32 Å². The van der Waals surface area contributed by atoms with Crippen LogP contribution in [0.15, 0.2) is 35.3 Å². The zero-order valence-corrected chi connectivity index (χ0v) is 13.0. The van der Waals surface area contributed by atoms with Crippen molar-refractivity contribution in [2.45, 2.75) is 40.3 Å². The van der Waals surface area contributed by atoms with Gasteiger partial charge in [-0.3, -0.25) is 4.79 Å². The zero-order chi connectivity index (χ0) is 15.4. The third-order valence-corrected chi connectivity index (χ3v) is 4.06. The molecule has 0 fully saturated rings. The van der Waals surface area contributed by atoms with E-state index in [0.29, 0.717) is 17.1 Å². The molecule has 0 bridgehead atoms. The van der Waals surface area contributed by atoms with Crippen LogP contribution >= 0.6 is 0 Å². The van der Waals surface area contributed by atoms with Crippen molar-refractivity contribution in [2.24, 2.45) is 0 Å². The number of benzene rings is 1.